The van der Waals surface area contributed by atoms with Gasteiger partial charge in [0.05, 0.1) is 22.3 Å². The molecule has 0 saturated carbocycles. The lowest BCUT2D eigenvalue weighted by Gasteiger charge is -2.00. The Morgan fingerprint density at radius 3 is 1.80 bits per heavy atom. The van der Waals surface area contributed by atoms with E-state index in [9.17, 15) is 14.4 Å². The summed E-state index contributed by atoms with van der Waals surface area (Å²) >= 11 is 0. The highest BCUT2D eigenvalue weighted by atomic mass is 16.4. The van der Waals surface area contributed by atoms with Crippen molar-refractivity contribution in [1.29, 1.82) is 5.26 Å². The number of carbonyl (C=O) groups excluding carboxylic acids is 1. The lowest BCUT2D eigenvalue weighted by Crippen LogP contribution is -2.12. The molecule has 2 aromatic rings. The summed E-state index contributed by atoms with van der Waals surface area (Å²) in [4.78, 5) is 31.5. The van der Waals surface area contributed by atoms with Crippen LogP contribution in [-0.2, 0) is 0 Å². The third-order valence-corrected chi connectivity index (χ3v) is 2.87. The van der Waals surface area contributed by atoms with Crippen molar-refractivity contribution in [3.63, 3.8) is 0 Å². The molecule has 0 spiro atoms. The summed E-state index contributed by atoms with van der Waals surface area (Å²) < 4.78 is 0. The van der Waals surface area contributed by atoms with Crippen molar-refractivity contribution < 1.29 is 34.8 Å². The number of nitriles is 1. The fourth-order valence-corrected chi connectivity index (χ4v) is 1.63. The van der Waals surface area contributed by atoms with E-state index >= 15 is 0 Å². The van der Waals surface area contributed by atoms with Crippen LogP contribution < -0.4 is 5.73 Å². The summed E-state index contributed by atoms with van der Waals surface area (Å²) in [6.45, 7) is 0. The van der Waals surface area contributed by atoms with Gasteiger partial charge in [0.2, 0.25) is 0 Å². The number of primary amides is 1. The lowest BCUT2D eigenvalue weighted by molar-refractivity contribution is 0.0686. The van der Waals surface area contributed by atoms with Crippen LogP contribution in [0.5, 0.6) is 11.5 Å². The van der Waals surface area contributed by atoms with Crippen LogP contribution >= 0.6 is 0 Å². The van der Waals surface area contributed by atoms with Crippen molar-refractivity contribution in [3.05, 3.63) is 58.7 Å². The third kappa shape index (κ3) is 4.97. The highest BCUT2D eigenvalue weighted by Gasteiger charge is 2.11. The fraction of sp³-hybridized carbons (Fsp3) is 0. The number of carboxylic acid groups (broad SMARTS) is 2. The standard InChI is InChI=1S/C8H7NO4.C8H5NO3/c9-7(11)5-3-4(8(12)13)1-2-6(5)10;9-4-6-3-5(8(11)12)1-2-7(6)10/h1-3,10H,(H2,9,11)(H,12,13);1-3,10H,(H,11,12). The molecule has 0 fully saturated rings. The van der Waals surface area contributed by atoms with E-state index in [0.717, 1.165) is 18.2 Å². The molecule has 0 saturated heterocycles. The third-order valence-electron chi connectivity index (χ3n) is 2.87. The molecule has 0 unspecified atom stereocenters. The van der Waals surface area contributed by atoms with E-state index in [0.29, 0.717) is 0 Å². The van der Waals surface area contributed by atoms with Gasteiger partial charge in [-0.25, -0.2) is 9.59 Å². The molecule has 0 bridgehead atoms. The molecule has 2 aromatic carbocycles. The van der Waals surface area contributed by atoms with Crippen LogP contribution in [0.4, 0.5) is 0 Å². The molecule has 0 atom stereocenters. The first-order chi connectivity index (χ1) is 11.7. The summed E-state index contributed by atoms with van der Waals surface area (Å²) in [6.07, 6.45) is 0. The number of hydrogen-bond acceptors (Lipinski definition) is 6. The summed E-state index contributed by atoms with van der Waals surface area (Å²) in [5.41, 5.74) is 4.56. The summed E-state index contributed by atoms with van der Waals surface area (Å²) in [5.74, 6) is -3.69. The number of nitrogens with two attached hydrogens (primary N) is 1. The molecular weight excluding hydrogens is 332 g/mol. The molecule has 6 N–H and O–H groups in total. The maximum absolute atomic E-state index is 10.7. The van der Waals surface area contributed by atoms with Gasteiger partial charge in [-0.2, -0.15) is 5.26 Å². The largest absolute Gasteiger partial charge is 0.507 e. The number of hydrogen-bond donors (Lipinski definition) is 5. The second-order valence-corrected chi connectivity index (χ2v) is 4.55. The van der Waals surface area contributed by atoms with E-state index in [1.807, 2.05) is 0 Å². The SMILES string of the molecule is N#Cc1cc(C(=O)O)ccc1O.NC(=O)c1cc(C(=O)O)ccc1O. The summed E-state index contributed by atoms with van der Waals surface area (Å²) in [6, 6.07) is 8.54. The fourth-order valence-electron chi connectivity index (χ4n) is 1.63. The van der Waals surface area contributed by atoms with Crippen LogP contribution in [0.3, 0.4) is 0 Å². The first-order valence-electron chi connectivity index (χ1n) is 6.50. The molecule has 0 aliphatic carbocycles. The Hall–Kier alpha value is -4.06. The molecule has 2 rings (SSSR count). The van der Waals surface area contributed by atoms with Crippen molar-refractivity contribution in [3.8, 4) is 17.6 Å². The van der Waals surface area contributed by atoms with Crippen LogP contribution in [-0.4, -0.2) is 38.3 Å². The molecule has 9 heteroatoms. The Morgan fingerprint density at radius 2 is 1.36 bits per heavy atom. The number of carboxylic acids is 2. The molecule has 0 aromatic heterocycles. The van der Waals surface area contributed by atoms with E-state index < -0.39 is 17.8 Å². The normalized spacial score (nSPS) is 9.24. The Labute approximate surface area is 140 Å². The Kier molecular flexibility index (Phi) is 6.06. The molecule has 9 nitrogen and oxygen atoms in total. The van der Waals surface area contributed by atoms with Crippen LogP contribution in [0.15, 0.2) is 36.4 Å². The number of carbonyl (C=O) groups is 3. The quantitative estimate of drug-likeness (QED) is 0.549. The minimum Gasteiger partial charge on any atom is -0.507 e. The van der Waals surface area contributed by atoms with Gasteiger partial charge in [-0.3, -0.25) is 4.79 Å². The number of phenolic OH excluding ortho intramolecular Hbond substituents is 1. The maximum atomic E-state index is 10.7. The molecule has 1 amide bonds. The number of aromatic hydroxyl groups is 2. The van der Waals surface area contributed by atoms with Gasteiger partial charge in [0.1, 0.15) is 17.6 Å². The zero-order valence-electron chi connectivity index (χ0n) is 12.5. The zero-order valence-corrected chi connectivity index (χ0v) is 12.5. The highest BCUT2D eigenvalue weighted by Crippen LogP contribution is 2.18. The number of phenols is 2. The van der Waals surface area contributed by atoms with Gasteiger partial charge < -0.3 is 26.2 Å². The summed E-state index contributed by atoms with van der Waals surface area (Å²) in [5, 5.41) is 43.6. The van der Waals surface area contributed by atoms with Gasteiger partial charge in [-0.1, -0.05) is 0 Å². The van der Waals surface area contributed by atoms with Gasteiger partial charge in [-0.05, 0) is 36.4 Å². The zero-order chi connectivity index (χ0) is 19.1. The van der Waals surface area contributed by atoms with Gasteiger partial charge in [-0.15, -0.1) is 0 Å². The van der Waals surface area contributed by atoms with Crippen molar-refractivity contribution in [1.82, 2.24) is 0 Å². The lowest BCUT2D eigenvalue weighted by atomic mass is 10.1. The second kappa shape index (κ2) is 7.98. The molecule has 0 aliphatic rings. The van der Waals surface area contributed by atoms with Crippen molar-refractivity contribution in [2.45, 2.75) is 0 Å². The first-order valence-corrected chi connectivity index (χ1v) is 6.50. The van der Waals surface area contributed by atoms with Crippen LogP contribution in [0.2, 0.25) is 0 Å². The number of nitrogens with zero attached hydrogens (tertiary/aromatic N) is 1. The minimum atomic E-state index is -1.18. The average Bonchev–Trinajstić information content (AvgIpc) is 2.55. The Bertz CT molecular complexity index is 885. The van der Waals surface area contributed by atoms with E-state index in [1.54, 1.807) is 6.07 Å². The predicted octanol–water partition coefficient (Wildman–Crippen LogP) is 1.15. The van der Waals surface area contributed by atoms with Gasteiger partial charge in [0, 0.05) is 0 Å². The van der Waals surface area contributed by atoms with Crippen molar-refractivity contribution >= 4 is 17.8 Å². The number of rotatable bonds is 3. The van der Waals surface area contributed by atoms with Crippen LogP contribution in [0.1, 0.15) is 36.6 Å². The van der Waals surface area contributed by atoms with E-state index in [4.69, 9.17) is 31.4 Å². The molecule has 0 aliphatic heterocycles. The molecule has 0 heterocycles. The molecule has 25 heavy (non-hydrogen) atoms. The smallest absolute Gasteiger partial charge is 0.335 e. The second-order valence-electron chi connectivity index (χ2n) is 4.55. The van der Waals surface area contributed by atoms with E-state index in [1.165, 1.54) is 18.2 Å². The molecule has 0 radical (unpaired) electrons. The van der Waals surface area contributed by atoms with E-state index in [-0.39, 0.29) is 33.8 Å². The monoisotopic (exact) mass is 344 g/mol. The maximum Gasteiger partial charge on any atom is 0.335 e. The first kappa shape index (κ1) is 19.0. The predicted molar refractivity (Wildman–Crippen MR) is 83.4 cm³/mol. The highest BCUT2D eigenvalue weighted by molar-refractivity contribution is 5.98. The van der Waals surface area contributed by atoms with E-state index in [2.05, 4.69) is 0 Å². The Balaban J connectivity index is 0.000000251. The number of amides is 1. The van der Waals surface area contributed by atoms with Crippen molar-refractivity contribution in [2.75, 3.05) is 0 Å². The number of benzene rings is 2. The average molecular weight is 344 g/mol. The van der Waals surface area contributed by atoms with Gasteiger partial charge >= 0.3 is 11.9 Å². The van der Waals surface area contributed by atoms with Gasteiger partial charge in [0.25, 0.3) is 5.91 Å². The van der Waals surface area contributed by atoms with Gasteiger partial charge in [0.15, 0.2) is 0 Å². The summed E-state index contributed by atoms with van der Waals surface area (Å²) in [7, 11) is 0. The topological polar surface area (TPSA) is 182 Å². The Morgan fingerprint density at radius 1 is 0.880 bits per heavy atom. The number of aromatic carboxylic acids is 2. The van der Waals surface area contributed by atoms with Crippen LogP contribution in [0, 0.1) is 11.3 Å². The molecule has 128 valence electrons. The van der Waals surface area contributed by atoms with Crippen LogP contribution in [0.25, 0.3) is 0 Å². The minimum absolute atomic E-state index is 0.00986. The van der Waals surface area contributed by atoms with Crippen molar-refractivity contribution in [2.24, 2.45) is 5.73 Å². The molecular formula is C16H12N2O7.